The van der Waals surface area contributed by atoms with Crippen molar-refractivity contribution >= 4 is 28.1 Å². The van der Waals surface area contributed by atoms with Gasteiger partial charge in [-0.25, -0.2) is 9.37 Å². The average molecular weight is 441 g/mol. The van der Waals surface area contributed by atoms with Crippen molar-refractivity contribution in [2.75, 3.05) is 49.5 Å². The van der Waals surface area contributed by atoms with E-state index in [2.05, 4.69) is 15.1 Å². The van der Waals surface area contributed by atoms with E-state index in [4.69, 9.17) is 9.72 Å². The van der Waals surface area contributed by atoms with Gasteiger partial charge in [-0.15, -0.1) is 11.3 Å². The monoisotopic (exact) mass is 440 g/mol. The summed E-state index contributed by atoms with van der Waals surface area (Å²) in [6, 6.07) is 13.8. The fourth-order valence-electron chi connectivity index (χ4n) is 3.46. The van der Waals surface area contributed by atoms with Gasteiger partial charge in [0.1, 0.15) is 11.6 Å². The number of anilines is 2. The summed E-state index contributed by atoms with van der Waals surface area (Å²) < 4.78 is 18.5. The molecule has 1 aliphatic heterocycles. The molecular weight excluding hydrogens is 415 g/mol. The van der Waals surface area contributed by atoms with Crippen molar-refractivity contribution in [2.45, 2.75) is 6.92 Å². The van der Waals surface area contributed by atoms with Gasteiger partial charge in [-0.2, -0.15) is 0 Å². The number of ether oxygens (including phenoxy) is 1. The highest BCUT2D eigenvalue weighted by Gasteiger charge is 2.21. The molecular formula is C23H25FN4O2S. The van der Waals surface area contributed by atoms with E-state index in [1.54, 1.807) is 23.5 Å². The van der Waals surface area contributed by atoms with Crippen LogP contribution in [0.3, 0.4) is 0 Å². The minimum Gasteiger partial charge on any atom is -0.494 e. The number of carbonyl (C=O) groups excluding carboxylic acids is 1. The average Bonchev–Trinajstić information content (AvgIpc) is 3.26. The second-order valence-electron chi connectivity index (χ2n) is 7.29. The topological polar surface area (TPSA) is 57.7 Å². The van der Waals surface area contributed by atoms with Gasteiger partial charge < -0.3 is 15.0 Å². The van der Waals surface area contributed by atoms with Crippen molar-refractivity contribution in [3.63, 3.8) is 0 Å². The Bertz CT molecular complexity index is 999. The number of piperazine rings is 1. The summed E-state index contributed by atoms with van der Waals surface area (Å²) in [6.45, 7) is 6.13. The molecule has 1 N–H and O–H groups in total. The fraction of sp³-hybridized carbons (Fsp3) is 0.304. The van der Waals surface area contributed by atoms with Crippen molar-refractivity contribution in [2.24, 2.45) is 0 Å². The molecule has 2 aromatic carbocycles. The van der Waals surface area contributed by atoms with Gasteiger partial charge >= 0.3 is 0 Å². The van der Waals surface area contributed by atoms with Gasteiger partial charge in [0.25, 0.3) is 0 Å². The second-order valence-corrected chi connectivity index (χ2v) is 8.13. The number of nitrogens with zero attached hydrogens (tertiary/aromatic N) is 3. The van der Waals surface area contributed by atoms with Gasteiger partial charge in [0.15, 0.2) is 5.13 Å². The number of benzene rings is 2. The van der Waals surface area contributed by atoms with Gasteiger partial charge in [-0.1, -0.05) is 0 Å². The van der Waals surface area contributed by atoms with Crippen LogP contribution in [-0.2, 0) is 4.79 Å². The predicted octanol–water partition coefficient (Wildman–Crippen LogP) is 4.11. The molecule has 162 valence electrons. The van der Waals surface area contributed by atoms with Crippen LogP contribution in [0.5, 0.6) is 5.75 Å². The smallest absolute Gasteiger partial charge is 0.238 e. The maximum Gasteiger partial charge on any atom is 0.238 e. The molecule has 0 saturated carbocycles. The van der Waals surface area contributed by atoms with E-state index in [9.17, 15) is 9.18 Å². The molecule has 0 bridgehead atoms. The summed E-state index contributed by atoms with van der Waals surface area (Å²) in [5, 5.41) is 5.90. The number of amides is 1. The molecule has 0 aliphatic carbocycles. The predicted molar refractivity (Wildman–Crippen MR) is 122 cm³/mol. The van der Waals surface area contributed by atoms with Crippen molar-refractivity contribution in [3.8, 4) is 17.0 Å². The third kappa shape index (κ3) is 5.59. The molecule has 1 aliphatic rings. The van der Waals surface area contributed by atoms with Crippen molar-refractivity contribution < 1.29 is 13.9 Å². The minimum absolute atomic E-state index is 0.0227. The number of hydrogen-bond donors (Lipinski definition) is 1. The van der Waals surface area contributed by atoms with Crippen LogP contribution in [0, 0.1) is 5.82 Å². The molecule has 0 unspecified atom stereocenters. The van der Waals surface area contributed by atoms with Crippen LogP contribution >= 0.6 is 11.3 Å². The zero-order valence-electron chi connectivity index (χ0n) is 17.4. The van der Waals surface area contributed by atoms with Crippen LogP contribution in [0.2, 0.25) is 0 Å². The molecule has 4 rings (SSSR count). The lowest BCUT2D eigenvalue weighted by molar-refractivity contribution is -0.117. The van der Waals surface area contributed by atoms with E-state index in [1.165, 1.54) is 12.1 Å². The fourth-order valence-corrected chi connectivity index (χ4v) is 4.35. The van der Waals surface area contributed by atoms with Crippen molar-refractivity contribution in [1.82, 2.24) is 9.88 Å². The Balaban J connectivity index is 1.26. The lowest BCUT2D eigenvalue weighted by atomic mass is 10.2. The Morgan fingerprint density at radius 1 is 1.10 bits per heavy atom. The van der Waals surface area contributed by atoms with Crippen LogP contribution in [0.1, 0.15) is 6.92 Å². The molecule has 2 heterocycles. The maximum atomic E-state index is 13.1. The SMILES string of the molecule is CCOc1ccc(NC(=O)CN2CCN(c3nc(-c4ccc(F)cc4)cs3)CC2)cc1. The van der Waals surface area contributed by atoms with E-state index in [-0.39, 0.29) is 11.7 Å². The number of aromatic nitrogens is 1. The summed E-state index contributed by atoms with van der Waals surface area (Å²) >= 11 is 1.59. The van der Waals surface area contributed by atoms with E-state index in [0.717, 1.165) is 54.0 Å². The third-order valence-electron chi connectivity index (χ3n) is 5.09. The second kappa shape index (κ2) is 9.89. The minimum atomic E-state index is -0.248. The molecule has 8 heteroatoms. The van der Waals surface area contributed by atoms with E-state index in [1.807, 2.05) is 36.6 Å². The van der Waals surface area contributed by atoms with E-state index >= 15 is 0 Å². The first-order valence-corrected chi connectivity index (χ1v) is 11.2. The molecule has 1 aromatic heterocycles. The molecule has 31 heavy (non-hydrogen) atoms. The molecule has 0 spiro atoms. The number of thiazole rings is 1. The Kier molecular flexibility index (Phi) is 6.79. The van der Waals surface area contributed by atoms with Gasteiger partial charge in [0, 0.05) is 42.8 Å². The van der Waals surface area contributed by atoms with E-state index < -0.39 is 0 Å². The molecule has 1 saturated heterocycles. The molecule has 0 radical (unpaired) electrons. The summed E-state index contributed by atoms with van der Waals surface area (Å²) in [5.41, 5.74) is 2.54. The normalized spacial score (nSPS) is 14.5. The van der Waals surface area contributed by atoms with Crippen LogP contribution in [-0.4, -0.2) is 55.1 Å². The highest BCUT2D eigenvalue weighted by molar-refractivity contribution is 7.14. The molecule has 1 amide bonds. The first-order valence-electron chi connectivity index (χ1n) is 10.3. The van der Waals surface area contributed by atoms with Gasteiger partial charge in [0.05, 0.1) is 18.8 Å². The quantitative estimate of drug-likeness (QED) is 0.599. The van der Waals surface area contributed by atoms with Crippen LogP contribution in [0.4, 0.5) is 15.2 Å². The zero-order valence-corrected chi connectivity index (χ0v) is 18.2. The van der Waals surface area contributed by atoms with Crippen LogP contribution < -0.4 is 15.0 Å². The molecule has 6 nitrogen and oxygen atoms in total. The van der Waals surface area contributed by atoms with E-state index in [0.29, 0.717) is 13.2 Å². The Morgan fingerprint density at radius 3 is 2.48 bits per heavy atom. The number of nitrogens with one attached hydrogen (secondary N) is 1. The molecule has 0 atom stereocenters. The first kappa shape index (κ1) is 21.3. The van der Waals surface area contributed by atoms with Crippen molar-refractivity contribution in [3.05, 3.63) is 59.7 Å². The number of hydrogen-bond acceptors (Lipinski definition) is 6. The lowest BCUT2D eigenvalue weighted by Gasteiger charge is -2.34. The highest BCUT2D eigenvalue weighted by atomic mass is 32.1. The standard InChI is InChI=1S/C23H25FN4O2S/c1-2-30-20-9-7-19(8-10-20)25-22(29)15-27-11-13-28(14-12-27)23-26-21(16-31-23)17-3-5-18(24)6-4-17/h3-10,16H,2,11-15H2,1H3,(H,25,29). The zero-order chi connectivity index (χ0) is 21.6. The van der Waals surface area contributed by atoms with Gasteiger partial charge in [-0.05, 0) is 55.5 Å². The molecule has 3 aromatic rings. The number of carbonyl (C=O) groups is 1. The maximum absolute atomic E-state index is 13.1. The third-order valence-corrected chi connectivity index (χ3v) is 5.99. The van der Waals surface area contributed by atoms with Gasteiger partial charge in [-0.3, -0.25) is 9.69 Å². The van der Waals surface area contributed by atoms with Crippen molar-refractivity contribution in [1.29, 1.82) is 0 Å². The van der Waals surface area contributed by atoms with Crippen LogP contribution in [0.25, 0.3) is 11.3 Å². The highest BCUT2D eigenvalue weighted by Crippen LogP contribution is 2.28. The summed E-state index contributed by atoms with van der Waals surface area (Å²) in [7, 11) is 0. The van der Waals surface area contributed by atoms with Gasteiger partial charge in [0.2, 0.25) is 5.91 Å². The van der Waals surface area contributed by atoms with Crippen LogP contribution in [0.15, 0.2) is 53.9 Å². The first-order chi connectivity index (χ1) is 15.1. The summed E-state index contributed by atoms with van der Waals surface area (Å²) in [4.78, 5) is 21.5. The Morgan fingerprint density at radius 2 is 1.81 bits per heavy atom. The number of rotatable bonds is 7. The Labute approximate surface area is 185 Å². The largest absolute Gasteiger partial charge is 0.494 e. The molecule has 1 fully saturated rings. The number of halogens is 1. The lowest BCUT2D eigenvalue weighted by Crippen LogP contribution is -2.48. The summed E-state index contributed by atoms with van der Waals surface area (Å²) in [5.74, 6) is 0.522. The Hall–Kier alpha value is -2.97. The summed E-state index contributed by atoms with van der Waals surface area (Å²) in [6.07, 6.45) is 0.